The van der Waals surface area contributed by atoms with E-state index in [1.54, 1.807) is 4.68 Å². The van der Waals surface area contributed by atoms with Gasteiger partial charge in [-0.1, -0.05) is 12.1 Å². The number of fused-ring (bicyclic) bond motifs is 1. The van der Waals surface area contributed by atoms with Crippen molar-refractivity contribution in [2.24, 2.45) is 18.7 Å². The summed E-state index contributed by atoms with van der Waals surface area (Å²) in [7, 11) is 1.89. The van der Waals surface area contributed by atoms with Gasteiger partial charge >= 0.3 is 0 Å². The Labute approximate surface area is 152 Å². The first-order valence-electron chi connectivity index (χ1n) is 8.86. The van der Waals surface area contributed by atoms with Gasteiger partial charge in [0, 0.05) is 49.9 Å². The zero-order valence-corrected chi connectivity index (χ0v) is 15.1. The summed E-state index contributed by atoms with van der Waals surface area (Å²) in [6.45, 7) is 4.28. The number of pyridine rings is 1. The molecule has 4 rings (SSSR count). The van der Waals surface area contributed by atoms with Gasteiger partial charge in [0.05, 0.1) is 17.6 Å². The van der Waals surface area contributed by atoms with Gasteiger partial charge in [0.2, 0.25) is 5.91 Å². The Morgan fingerprint density at radius 1 is 1.27 bits per heavy atom. The number of amides is 1. The number of nitrogens with zero attached hydrogens (tertiary/aromatic N) is 4. The Morgan fingerprint density at radius 3 is 2.85 bits per heavy atom. The molecule has 1 aliphatic rings. The lowest BCUT2D eigenvalue weighted by molar-refractivity contribution is -0.121. The number of primary amides is 1. The molecule has 1 saturated heterocycles. The van der Waals surface area contributed by atoms with E-state index >= 15 is 0 Å². The molecule has 2 atom stereocenters. The zero-order valence-electron chi connectivity index (χ0n) is 15.1. The maximum atomic E-state index is 12.0. The summed E-state index contributed by atoms with van der Waals surface area (Å²) in [6, 6.07) is 10.5. The second-order valence-corrected chi connectivity index (χ2v) is 7.24. The number of benzene rings is 1. The van der Waals surface area contributed by atoms with E-state index in [4.69, 9.17) is 5.73 Å². The van der Waals surface area contributed by atoms with Crippen LogP contribution in [0.25, 0.3) is 10.9 Å². The first-order valence-corrected chi connectivity index (χ1v) is 8.86. The minimum Gasteiger partial charge on any atom is -0.369 e. The van der Waals surface area contributed by atoms with Crippen LogP contribution in [0.4, 0.5) is 0 Å². The summed E-state index contributed by atoms with van der Waals surface area (Å²) in [5.41, 5.74) is 10.0. The standard InChI is InChI=1S/C20H23N5O/c1-13-3-5-15-7-14(4-6-19(15)23-13)9-25-11-17(18(12-25)20(21)26)16-8-22-24(2)10-16/h3-8,10,17-18H,9,11-12H2,1-2H3,(H2,21,26)/t17-,18+/m1/s1. The van der Waals surface area contributed by atoms with Gasteiger partial charge in [0.1, 0.15) is 0 Å². The third-order valence-electron chi connectivity index (χ3n) is 5.21. The van der Waals surface area contributed by atoms with Crippen molar-refractivity contribution in [2.45, 2.75) is 19.4 Å². The van der Waals surface area contributed by atoms with E-state index in [0.717, 1.165) is 35.2 Å². The van der Waals surface area contributed by atoms with E-state index < -0.39 is 0 Å². The highest BCUT2D eigenvalue weighted by molar-refractivity contribution is 5.79. The fourth-order valence-electron chi connectivity index (χ4n) is 3.91. The number of carbonyl (C=O) groups is 1. The number of hydrogen-bond acceptors (Lipinski definition) is 4. The summed E-state index contributed by atoms with van der Waals surface area (Å²) >= 11 is 0. The average Bonchev–Trinajstić information content (AvgIpc) is 3.21. The molecule has 0 saturated carbocycles. The summed E-state index contributed by atoms with van der Waals surface area (Å²) in [5, 5.41) is 5.39. The largest absolute Gasteiger partial charge is 0.369 e. The summed E-state index contributed by atoms with van der Waals surface area (Å²) in [5.74, 6) is -0.311. The van der Waals surface area contributed by atoms with Crippen LogP contribution in [-0.2, 0) is 18.4 Å². The Kier molecular flexibility index (Phi) is 4.20. The normalized spacial score (nSPS) is 20.7. The van der Waals surface area contributed by atoms with Crippen molar-refractivity contribution in [1.82, 2.24) is 19.7 Å². The molecule has 0 bridgehead atoms. The molecule has 0 spiro atoms. The van der Waals surface area contributed by atoms with Crippen LogP contribution in [0.3, 0.4) is 0 Å². The van der Waals surface area contributed by atoms with Crippen LogP contribution in [-0.4, -0.2) is 38.7 Å². The fraction of sp³-hybridized carbons (Fsp3) is 0.350. The molecule has 2 N–H and O–H groups in total. The van der Waals surface area contributed by atoms with E-state index in [2.05, 4.69) is 39.2 Å². The number of hydrogen-bond donors (Lipinski definition) is 1. The van der Waals surface area contributed by atoms with Gasteiger partial charge in [0.15, 0.2) is 0 Å². The summed E-state index contributed by atoms with van der Waals surface area (Å²) < 4.78 is 1.77. The molecule has 0 radical (unpaired) electrons. The second kappa shape index (κ2) is 6.53. The second-order valence-electron chi connectivity index (χ2n) is 7.24. The minimum atomic E-state index is -0.237. The molecule has 6 nitrogen and oxygen atoms in total. The van der Waals surface area contributed by atoms with E-state index in [9.17, 15) is 4.79 Å². The van der Waals surface area contributed by atoms with Gasteiger partial charge in [-0.05, 0) is 36.2 Å². The first kappa shape index (κ1) is 16.7. The van der Waals surface area contributed by atoms with Crippen molar-refractivity contribution < 1.29 is 4.79 Å². The molecule has 1 aliphatic heterocycles. The third-order valence-corrected chi connectivity index (χ3v) is 5.21. The Balaban J connectivity index is 1.55. The highest BCUT2D eigenvalue weighted by Crippen LogP contribution is 2.33. The molecule has 1 amide bonds. The first-order chi connectivity index (χ1) is 12.5. The molecule has 0 unspecified atom stereocenters. The predicted octanol–water partition coefficient (Wildman–Crippen LogP) is 1.98. The molecule has 134 valence electrons. The van der Waals surface area contributed by atoms with Crippen LogP contribution in [0.1, 0.15) is 22.7 Å². The van der Waals surface area contributed by atoms with Gasteiger partial charge in [0.25, 0.3) is 0 Å². The maximum absolute atomic E-state index is 12.0. The highest BCUT2D eigenvalue weighted by Gasteiger charge is 2.37. The van der Waals surface area contributed by atoms with Crippen LogP contribution in [0, 0.1) is 12.8 Å². The Morgan fingerprint density at radius 2 is 2.12 bits per heavy atom. The van der Waals surface area contributed by atoms with Crippen LogP contribution >= 0.6 is 0 Å². The van der Waals surface area contributed by atoms with Gasteiger partial charge in [-0.15, -0.1) is 0 Å². The maximum Gasteiger partial charge on any atom is 0.222 e. The lowest BCUT2D eigenvalue weighted by Gasteiger charge is -2.16. The van der Waals surface area contributed by atoms with E-state index in [1.165, 1.54) is 5.56 Å². The SMILES string of the molecule is Cc1ccc2cc(CN3C[C@H](C(N)=O)[C@@H](c4cnn(C)c4)C3)ccc2n1. The number of aromatic nitrogens is 3. The van der Waals surface area contributed by atoms with Gasteiger partial charge in [-0.25, -0.2) is 0 Å². The lowest BCUT2D eigenvalue weighted by atomic mass is 9.90. The van der Waals surface area contributed by atoms with Gasteiger partial charge < -0.3 is 5.73 Å². The summed E-state index contributed by atoms with van der Waals surface area (Å²) in [6.07, 6.45) is 3.82. The molecule has 26 heavy (non-hydrogen) atoms. The van der Waals surface area contributed by atoms with E-state index in [-0.39, 0.29) is 17.7 Å². The van der Waals surface area contributed by atoms with Gasteiger partial charge in [-0.3, -0.25) is 19.4 Å². The number of carbonyl (C=O) groups excluding carboxylic acids is 1. The van der Waals surface area contributed by atoms with Crippen molar-refractivity contribution in [3.05, 3.63) is 59.5 Å². The van der Waals surface area contributed by atoms with Crippen molar-refractivity contribution in [3.8, 4) is 0 Å². The van der Waals surface area contributed by atoms with Crippen molar-refractivity contribution in [2.75, 3.05) is 13.1 Å². The molecule has 3 aromatic rings. The molecule has 1 aromatic carbocycles. The molecule has 6 heteroatoms. The molecular weight excluding hydrogens is 326 g/mol. The fourth-order valence-corrected chi connectivity index (χ4v) is 3.91. The van der Waals surface area contributed by atoms with Crippen LogP contribution in [0.5, 0.6) is 0 Å². The quantitative estimate of drug-likeness (QED) is 0.781. The highest BCUT2D eigenvalue weighted by atomic mass is 16.1. The Hall–Kier alpha value is -2.73. The molecular formula is C20H23N5O. The molecule has 1 fully saturated rings. The molecule has 0 aliphatic carbocycles. The monoisotopic (exact) mass is 349 g/mol. The van der Waals surface area contributed by atoms with Crippen LogP contribution in [0.15, 0.2) is 42.7 Å². The zero-order chi connectivity index (χ0) is 18.3. The number of rotatable bonds is 4. The van der Waals surface area contributed by atoms with Crippen LogP contribution < -0.4 is 5.73 Å². The minimum absolute atomic E-state index is 0.103. The van der Waals surface area contributed by atoms with Gasteiger partial charge in [-0.2, -0.15) is 5.10 Å². The Bertz CT molecular complexity index is 964. The topological polar surface area (TPSA) is 77.0 Å². The number of nitrogens with two attached hydrogens (primary N) is 1. The van der Waals surface area contributed by atoms with Crippen molar-refractivity contribution >= 4 is 16.8 Å². The van der Waals surface area contributed by atoms with E-state index in [1.807, 2.05) is 32.4 Å². The number of likely N-dealkylation sites (tertiary alicyclic amines) is 1. The smallest absolute Gasteiger partial charge is 0.222 e. The number of aryl methyl sites for hydroxylation is 2. The predicted molar refractivity (Wildman–Crippen MR) is 100 cm³/mol. The molecule has 3 heterocycles. The van der Waals surface area contributed by atoms with Crippen molar-refractivity contribution in [3.63, 3.8) is 0 Å². The van der Waals surface area contributed by atoms with Crippen LogP contribution in [0.2, 0.25) is 0 Å². The van der Waals surface area contributed by atoms with E-state index in [0.29, 0.717) is 6.54 Å². The molecule has 2 aromatic heterocycles. The van der Waals surface area contributed by atoms with Crippen molar-refractivity contribution in [1.29, 1.82) is 0 Å². The lowest BCUT2D eigenvalue weighted by Crippen LogP contribution is -2.29. The average molecular weight is 349 g/mol. The summed E-state index contributed by atoms with van der Waals surface area (Å²) in [4.78, 5) is 18.8. The third kappa shape index (κ3) is 3.20.